The molecule has 4 heterocycles. The summed E-state index contributed by atoms with van der Waals surface area (Å²) in [6.45, 7) is 0.367. The first-order valence-corrected chi connectivity index (χ1v) is 7.72. The molecule has 0 radical (unpaired) electrons. The highest BCUT2D eigenvalue weighted by Crippen LogP contribution is 2.34. The van der Waals surface area contributed by atoms with Crippen LogP contribution >= 0.6 is 22.6 Å². The summed E-state index contributed by atoms with van der Waals surface area (Å²) >= 11 is 2.11. The summed E-state index contributed by atoms with van der Waals surface area (Å²) < 4.78 is 19.3. The van der Waals surface area contributed by atoms with Crippen molar-refractivity contribution in [3.05, 3.63) is 45.2 Å². The van der Waals surface area contributed by atoms with Crippen LogP contribution in [0.5, 0.6) is 0 Å². The third-order valence-corrected chi connectivity index (χ3v) is 4.70. The van der Waals surface area contributed by atoms with E-state index in [2.05, 4.69) is 37.5 Å². The summed E-state index contributed by atoms with van der Waals surface area (Å²) in [4.78, 5) is 23.3. The fourth-order valence-corrected chi connectivity index (χ4v) is 3.60. The lowest BCUT2D eigenvalue weighted by atomic mass is 10.1. The number of pyridine rings is 2. The van der Waals surface area contributed by atoms with Crippen LogP contribution in [0.1, 0.15) is 16.1 Å². The van der Waals surface area contributed by atoms with Gasteiger partial charge in [0.05, 0.1) is 27.0 Å². The monoisotopic (exact) mass is 409 g/mol. The van der Waals surface area contributed by atoms with Gasteiger partial charge >= 0.3 is 5.97 Å². The first kappa shape index (κ1) is 13.6. The van der Waals surface area contributed by atoms with Gasteiger partial charge < -0.3 is 9.72 Å². The van der Waals surface area contributed by atoms with Crippen LogP contribution in [-0.2, 0) is 11.2 Å². The second-order valence-electron chi connectivity index (χ2n) is 4.91. The summed E-state index contributed by atoms with van der Waals surface area (Å²) in [7, 11) is 0. The minimum atomic E-state index is -0.563. The molecule has 0 amide bonds. The summed E-state index contributed by atoms with van der Waals surface area (Å²) in [5.74, 6) is -0.891. The number of carbonyl (C=O) groups is 1. The quantitative estimate of drug-likeness (QED) is 0.381. The molecule has 7 heteroatoms. The van der Waals surface area contributed by atoms with Crippen molar-refractivity contribution in [2.75, 3.05) is 6.61 Å². The number of carbonyl (C=O) groups excluding carboxylic acids is 1. The van der Waals surface area contributed by atoms with Gasteiger partial charge in [-0.15, -0.1) is 0 Å². The lowest BCUT2D eigenvalue weighted by Crippen LogP contribution is -2.17. The number of hydrogen-bond acceptors (Lipinski definition) is 4. The van der Waals surface area contributed by atoms with E-state index in [4.69, 9.17) is 4.74 Å². The van der Waals surface area contributed by atoms with Gasteiger partial charge in [0.25, 0.3) is 0 Å². The molecule has 0 aliphatic carbocycles. The van der Waals surface area contributed by atoms with Crippen LogP contribution in [0.25, 0.3) is 22.3 Å². The fourth-order valence-electron chi connectivity index (χ4n) is 2.63. The molecule has 110 valence electrons. The Labute approximate surface area is 138 Å². The van der Waals surface area contributed by atoms with E-state index >= 15 is 0 Å². The van der Waals surface area contributed by atoms with Crippen molar-refractivity contribution in [2.45, 2.75) is 6.42 Å². The Bertz CT molecular complexity index is 923. The number of rotatable bonds is 1. The molecule has 5 nitrogen and oxygen atoms in total. The SMILES string of the molecule is O=C1OCCc2[nH]c(-c3ccnc4ccc(F)nc34)c(I)c21. The Morgan fingerprint density at radius 1 is 1.32 bits per heavy atom. The van der Waals surface area contributed by atoms with Crippen molar-refractivity contribution in [3.63, 3.8) is 0 Å². The highest BCUT2D eigenvalue weighted by molar-refractivity contribution is 14.1. The van der Waals surface area contributed by atoms with Crippen molar-refractivity contribution in [2.24, 2.45) is 0 Å². The number of halogens is 2. The van der Waals surface area contributed by atoms with E-state index in [-0.39, 0.29) is 5.97 Å². The highest BCUT2D eigenvalue weighted by Gasteiger charge is 2.27. The van der Waals surface area contributed by atoms with Gasteiger partial charge in [-0.3, -0.25) is 4.98 Å². The van der Waals surface area contributed by atoms with E-state index in [0.29, 0.717) is 29.6 Å². The Kier molecular flexibility index (Phi) is 3.10. The Balaban J connectivity index is 2.00. The normalized spacial score (nSPS) is 14.0. The van der Waals surface area contributed by atoms with Crippen LogP contribution in [0.2, 0.25) is 0 Å². The smallest absolute Gasteiger partial charge is 0.341 e. The summed E-state index contributed by atoms with van der Waals surface area (Å²) in [6, 6.07) is 4.63. The fraction of sp³-hybridized carbons (Fsp3) is 0.133. The van der Waals surface area contributed by atoms with Crippen LogP contribution in [-0.4, -0.2) is 27.5 Å². The number of hydrogen-bond donors (Lipinski definition) is 1. The van der Waals surface area contributed by atoms with Gasteiger partial charge in [0.2, 0.25) is 5.95 Å². The molecule has 0 saturated carbocycles. The van der Waals surface area contributed by atoms with Crippen molar-refractivity contribution < 1.29 is 13.9 Å². The summed E-state index contributed by atoms with van der Waals surface area (Å²) in [5.41, 5.74) is 3.93. The lowest BCUT2D eigenvalue weighted by Gasteiger charge is -2.11. The van der Waals surface area contributed by atoms with E-state index < -0.39 is 5.95 Å². The van der Waals surface area contributed by atoms with Gasteiger partial charge in [-0.2, -0.15) is 4.39 Å². The number of H-pyrrole nitrogens is 1. The van der Waals surface area contributed by atoms with Crippen molar-refractivity contribution in [3.8, 4) is 11.3 Å². The predicted octanol–water partition coefficient (Wildman–Crippen LogP) is 3.08. The topological polar surface area (TPSA) is 67.9 Å². The van der Waals surface area contributed by atoms with E-state index in [1.807, 2.05) is 0 Å². The van der Waals surface area contributed by atoms with Crippen molar-refractivity contribution >= 4 is 39.6 Å². The maximum Gasteiger partial charge on any atom is 0.341 e. The zero-order valence-corrected chi connectivity index (χ0v) is 13.3. The third-order valence-electron chi connectivity index (χ3n) is 3.63. The van der Waals surface area contributed by atoms with Crippen LogP contribution in [0.15, 0.2) is 24.4 Å². The molecule has 1 N–H and O–H groups in total. The van der Waals surface area contributed by atoms with E-state index in [0.717, 1.165) is 20.5 Å². The Morgan fingerprint density at radius 3 is 3.00 bits per heavy atom. The molecule has 4 rings (SSSR count). The first-order chi connectivity index (χ1) is 10.6. The van der Waals surface area contributed by atoms with Crippen LogP contribution < -0.4 is 0 Å². The van der Waals surface area contributed by atoms with Crippen molar-refractivity contribution in [1.82, 2.24) is 15.0 Å². The molecule has 0 bridgehead atoms. The Hall–Kier alpha value is -2.03. The highest BCUT2D eigenvalue weighted by atomic mass is 127. The number of ether oxygens (including phenoxy) is 1. The van der Waals surface area contributed by atoms with E-state index in [9.17, 15) is 9.18 Å². The first-order valence-electron chi connectivity index (χ1n) is 6.64. The molecule has 0 fully saturated rings. The lowest BCUT2D eigenvalue weighted by molar-refractivity contribution is 0.0478. The zero-order chi connectivity index (χ0) is 15.3. The van der Waals surface area contributed by atoms with E-state index in [1.165, 1.54) is 6.07 Å². The molecule has 0 atom stereocenters. The molecule has 1 aliphatic heterocycles. The number of fused-ring (bicyclic) bond motifs is 2. The molecule has 0 aromatic carbocycles. The number of aromatic nitrogens is 3. The molecule has 22 heavy (non-hydrogen) atoms. The van der Waals surface area contributed by atoms with Gasteiger partial charge in [-0.1, -0.05) is 0 Å². The maximum absolute atomic E-state index is 13.5. The molecular weight excluding hydrogens is 400 g/mol. The van der Waals surface area contributed by atoms with E-state index in [1.54, 1.807) is 18.3 Å². The second kappa shape index (κ2) is 5.01. The Morgan fingerprint density at radius 2 is 2.18 bits per heavy atom. The number of aromatic amines is 1. The minimum absolute atomic E-state index is 0.328. The molecular formula is C15H9FIN3O2. The number of nitrogens with one attached hydrogen (secondary N) is 1. The zero-order valence-electron chi connectivity index (χ0n) is 11.2. The van der Waals surface area contributed by atoms with Crippen molar-refractivity contribution in [1.29, 1.82) is 0 Å². The second-order valence-corrected chi connectivity index (χ2v) is 5.99. The third kappa shape index (κ3) is 1.99. The predicted molar refractivity (Wildman–Crippen MR) is 86.0 cm³/mol. The number of nitrogens with zero attached hydrogens (tertiary/aromatic N) is 2. The largest absolute Gasteiger partial charge is 0.462 e. The van der Waals surface area contributed by atoms with Crippen LogP contribution in [0.4, 0.5) is 4.39 Å². The molecule has 1 aliphatic rings. The minimum Gasteiger partial charge on any atom is -0.462 e. The molecule has 0 spiro atoms. The van der Waals surface area contributed by atoms with Crippen LogP contribution in [0.3, 0.4) is 0 Å². The van der Waals surface area contributed by atoms with Gasteiger partial charge in [-0.05, 0) is 40.8 Å². The standard InChI is InChI=1S/C15H9FIN3O2/c16-10-2-1-9-13(20-10)7(3-5-18-9)14-12(17)11-8(19-14)4-6-22-15(11)21/h1-3,5,19H,4,6H2. The molecule has 3 aromatic heterocycles. The van der Waals surface area contributed by atoms with Gasteiger partial charge in [0.1, 0.15) is 5.52 Å². The number of esters is 1. The average molecular weight is 409 g/mol. The molecule has 0 saturated heterocycles. The average Bonchev–Trinajstić information content (AvgIpc) is 2.85. The summed E-state index contributed by atoms with van der Waals surface area (Å²) in [6.07, 6.45) is 2.29. The number of cyclic esters (lactones) is 1. The van der Waals surface area contributed by atoms with Gasteiger partial charge in [0, 0.05) is 23.9 Å². The van der Waals surface area contributed by atoms with Gasteiger partial charge in [-0.25, -0.2) is 9.78 Å². The van der Waals surface area contributed by atoms with Crippen LogP contribution in [0, 0.1) is 9.52 Å². The molecule has 3 aromatic rings. The van der Waals surface area contributed by atoms with Gasteiger partial charge in [0.15, 0.2) is 0 Å². The maximum atomic E-state index is 13.5. The molecule has 0 unspecified atom stereocenters. The summed E-state index contributed by atoms with van der Waals surface area (Å²) in [5, 5.41) is 0.